The van der Waals surface area contributed by atoms with Crippen LogP contribution < -0.4 is 0 Å². The van der Waals surface area contributed by atoms with Crippen LogP contribution in [-0.2, 0) is 10.3 Å². The van der Waals surface area contributed by atoms with Gasteiger partial charge in [-0.2, -0.15) is 0 Å². The SMILES string of the molecule is CC1(c2cc(Cl)ccc2Br)CO1. The van der Waals surface area contributed by atoms with Crippen molar-refractivity contribution in [3.8, 4) is 0 Å². The molecule has 1 fully saturated rings. The minimum absolute atomic E-state index is 0.107. The van der Waals surface area contributed by atoms with Gasteiger partial charge in [0.1, 0.15) is 5.60 Å². The zero-order valence-corrected chi connectivity index (χ0v) is 8.95. The van der Waals surface area contributed by atoms with E-state index >= 15 is 0 Å². The molecule has 1 aromatic carbocycles. The molecule has 1 aliphatic heterocycles. The maximum Gasteiger partial charge on any atom is 0.115 e. The third-order valence-electron chi connectivity index (χ3n) is 2.08. The minimum atomic E-state index is -0.107. The molecule has 1 aromatic rings. The van der Waals surface area contributed by atoms with Crippen molar-refractivity contribution in [1.29, 1.82) is 0 Å². The normalized spacial score (nSPS) is 27.2. The highest BCUT2D eigenvalue weighted by molar-refractivity contribution is 9.10. The molecule has 1 aliphatic rings. The summed E-state index contributed by atoms with van der Waals surface area (Å²) < 4.78 is 6.39. The van der Waals surface area contributed by atoms with Gasteiger partial charge in [-0.15, -0.1) is 0 Å². The summed E-state index contributed by atoms with van der Waals surface area (Å²) in [6.45, 7) is 2.84. The van der Waals surface area contributed by atoms with E-state index in [1.807, 2.05) is 18.2 Å². The first kappa shape index (κ1) is 8.54. The quantitative estimate of drug-likeness (QED) is 0.694. The Morgan fingerprint density at radius 1 is 1.58 bits per heavy atom. The Morgan fingerprint density at radius 3 is 2.83 bits per heavy atom. The summed E-state index contributed by atoms with van der Waals surface area (Å²) in [6.07, 6.45) is 0. The summed E-state index contributed by atoms with van der Waals surface area (Å²) in [4.78, 5) is 0. The van der Waals surface area contributed by atoms with Gasteiger partial charge in [-0.1, -0.05) is 27.5 Å². The molecule has 1 nitrogen and oxygen atoms in total. The smallest absolute Gasteiger partial charge is 0.115 e. The van der Waals surface area contributed by atoms with E-state index in [4.69, 9.17) is 16.3 Å². The number of epoxide rings is 1. The Hall–Kier alpha value is -0.0500. The van der Waals surface area contributed by atoms with Crippen LogP contribution in [0.15, 0.2) is 22.7 Å². The van der Waals surface area contributed by atoms with E-state index < -0.39 is 0 Å². The van der Waals surface area contributed by atoms with Crippen LogP contribution in [-0.4, -0.2) is 6.61 Å². The predicted molar refractivity (Wildman–Crippen MR) is 52.5 cm³/mol. The van der Waals surface area contributed by atoms with Crippen LogP contribution in [0, 0.1) is 0 Å². The van der Waals surface area contributed by atoms with E-state index in [0.29, 0.717) is 0 Å². The Morgan fingerprint density at radius 2 is 2.25 bits per heavy atom. The largest absolute Gasteiger partial charge is 0.365 e. The lowest BCUT2D eigenvalue weighted by atomic mass is 10.0. The first-order chi connectivity index (χ1) is 5.62. The monoisotopic (exact) mass is 246 g/mol. The van der Waals surface area contributed by atoms with Crippen LogP contribution in [0.2, 0.25) is 5.02 Å². The summed E-state index contributed by atoms with van der Waals surface area (Å²) in [5.74, 6) is 0. The third-order valence-corrected chi connectivity index (χ3v) is 3.00. The molecular weight excluding hydrogens is 239 g/mol. The molecule has 0 aliphatic carbocycles. The van der Waals surface area contributed by atoms with Crippen molar-refractivity contribution in [1.82, 2.24) is 0 Å². The second kappa shape index (κ2) is 2.72. The molecule has 1 heterocycles. The molecule has 1 unspecified atom stereocenters. The zero-order chi connectivity index (χ0) is 8.77. The van der Waals surface area contributed by atoms with Crippen molar-refractivity contribution >= 4 is 27.5 Å². The lowest BCUT2D eigenvalue weighted by Crippen LogP contribution is -2.02. The Kier molecular flexibility index (Phi) is 1.94. The van der Waals surface area contributed by atoms with Crippen LogP contribution in [0.3, 0.4) is 0 Å². The van der Waals surface area contributed by atoms with Crippen molar-refractivity contribution in [2.24, 2.45) is 0 Å². The fourth-order valence-corrected chi connectivity index (χ4v) is 2.00. The molecule has 12 heavy (non-hydrogen) atoms. The van der Waals surface area contributed by atoms with Crippen LogP contribution >= 0.6 is 27.5 Å². The van der Waals surface area contributed by atoms with E-state index in [-0.39, 0.29) is 5.60 Å². The van der Waals surface area contributed by atoms with E-state index in [0.717, 1.165) is 21.7 Å². The number of ether oxygens (including phenoxy) is 1. The molecule has 0 radical (unpaired) electrons. The Balaban J connectivity index is 2.48. The van der Waals surface area contributed by atoms with Gasteiger partial charge >= 0.3 is 0 Å². The number of rotatable bonds is 1. The molecule has 3 heteroatoms. The van der Waals surface area contributed by atoms with Crippen LogP contribution in [0.25, 0.3) is 0 Å². The summed E-state index contributed by atoms with van der Waals surface area (Å²) >= 11 is 9.34. The molecule has 0 amide bonds. The van der Waals surface area contributed by atoms with E-state index in [1.54, 1.807) is 0 Å². The zero-order valence-electron chi connectivity index (χ0n) is 6.60. The van der Waals surface area contributed by atoms with Crippen LogP contribution in [0.1, 0.15) is 12.5 Å². The summed E-state index contributed by atoms with van der Waals surface area (Å²) in [5.41, 5.74) is 1.03. The van der Waals surface area contributed by atoms with E-state index in [2.05, 4.69) is 22.9 Å². The van der Waals surface area contributed by atoms with Crippen LogP contribution in [0.5, 0.6) is 0 Å². The fraction of sp³-hybridized carbons (Fsp3) is 0.333. The highest BCUT2D eigenvalue weighted by Gasteiger charge is 2.42. The van der Waals surface area contributed by atoms with Gasteiger partial charge < -0.3 is 4.74 Å². The van der Waals surface area contributed by atoms with Gasteiger partial charge in [0.05, 0.1) is 6.61 Å². The molecule has 0 spiro atoms. The van der Waals surface area contributed by atoms with Crippen molar-refractivity contribution < 1.29 is 4.74 Å². The summed E-state index contributed by atoms with van der Waals surface area (Å²) in [7, 11) is 0. The average Bonchev–Trinajstić information content (AvgIpc) is 2.75. The lowest BCUT2D eigenvalue weighted by Gasteiger charge is -2.08. The van der Waals surface area contributed by atoms with Gasteiger partial charge in [-0.3, -0.25) is 0 Å². The number of benzene rings is 1. The van der Waals surface area contributed by atoms with Gasteiger partial charge in [0.15, 0.2) is 0 Å². The molecule has 0 aromatic heterocycles. The Bertz CT molecular complexity index is 320. The molecule has 64 valence electrons. The lowest BCUT2D eigenvalue weighted by molar-refractivity contribution is 0.328. The van der Waals surface area contributed by atoms with E-state index in [1.165, 1.54) is 0 Å². The number of hydrogen-bond acceptors (Lipinski definition) is 1. The molecule has 0 N–H and O–H groups in total. The van der Waals surface area contributed by atoms with Gasteiger partial charge in [0.25, 0.3) is 0 Å². The maximum absolute atomic E-state index is 5.87. The fourth-order valence-electron chi connectivity index (χ4n) is 1.17. The molecule has 0 saturated carbocycles. The second-order valence-electron chi connectivity index (χ2n) is 3.14. The molecule has 0 bridgehead atoms. The maximum atomic E-state index is 5.87. The third kappa shape index (κ3) is 1.39. The summed E-state index contributed by atoms with van der Waals surface area (Å²) in [5, 5.41) is 0.755. The predicted octanol–water partition coefficient (Wildman–Crippen LogP) is 3.35. The standard InChI is InChI=1S/C9H8BrClO/c1-9(5-12-9)7-4-6(11)2-3-8(7)10/h2-4H,5H2,1H3. The highest BCUT2D eigenvalue weighted by Crippen LogP contribution is 2.42. The summed E-state index contributed by atoms with van der Waals surface area (Å²) in [6, 6.07) is 5.75. The molecule has 2 rings (SSSR count). The van der Waals surface area contributed by atoms with Crippen molar-refractivity contribution in [3.63, 3.8) is 0 Å². The van der Waals surface area contributed by atoms with Crippen LogP contribution in [0.4, 0.5) is 0 Å². The minimum Gasteiger partial charge on any atom is -0.365 e. The topological polar surface area (TPSA) is 12.5 Å². The number of halogens is 2. The average molecular weight is 248 g/mol. The van der Waals surface area contributed by atoms with Gasteiger partial charge in [0.2, 0.25) is 0 Å². The van der Waals surface area contributed by atoms with Gasteiger partial charge in [0, 0.05) is 15.1 Å². The van der Waals surface area contributed by atoms with Crippen molar-refractivity contribution in [3.05, 3.63) is 33.3 Å². The van der Waals surface area contributed by atoms with Gasteiger partial charge in [-0.05, 0) is 25.1 Å². The van der Waals surface area contributed by atoms with E-state index in [9.17, 15) is 0 Å². The van der Waals surface area contributed by atoms with Crippen molar-refractivity contribution in [2.45, 2.75) is 12.5 Å². The second-order valence-corrected chi connectivity index (χ2v) is 4.43. The Labute approximate surface area is 84.8 Å². The highest BCUT2D eigenvalue weighted by atomic mass is 79.9. The first-order valence-electron chi connectivity index (χ1n) is 3.71. The number of hydrogen-bond donors (Lipinski definition) is 0. The molecule has 1 atom stereocenters. The van der Waals surface area contributed by atoms with Gasteiger partial charge in [-0.25, -0.2) is 0 Å². The molecule has 1 saturated heterocycles. The first-order valence-corrected chi connectivity index (χ1v) is 4.88. The van der Waals surface area contributed by atoms with Crippen molar-refractivity contribution in [2.75, 3.05) is 6.61 Å². The molecular formula is C9H8BrClO.